The summed E-state index contributed by atoms with van der Waals surface area (Å²) in [5.74, 6) is -0.814. The van der Waals surface area contributed by atoms with Gasteiger partial charge in [-0.1, -0.05) is 42.1 Å². The number of hydrogen-bond acceptors (Lipinski definition) is 8. The number of aliphatic hydroxyl groups is 1. The molecule has 0 radical (unpaired) electrons. The van der Waals surface area contributed by atoms with Crippen molar-refractivity contribution in [2.75, 3.05) is 24.9 Å². The average molecular weight is 468 g/mol. The molecule has 2 aromatic carbocycles. The predicted molar refractivity (Wildman–Crippen MR) is 131 cm³/mol. The maximum absolute atomic E-state index is 13.0. The van der Waals surface area contributed by atoms with E-state index in [9.17, 15) is 9.90 Å². The van der Waals surface area contributed by atoms with Crippen LogP contribution in [0.5, 0.6) is 5.75 Å². The van der Waals surface area contributed by atoms with E-state index < -0.39 is 17.9 Å². The summed E-state index contributed by atoms with van der Waals surface area (Å²) in [5, 5.41) is 13.0. The summed E-state index contributed by atoms with van der Waals surface area (Å²) >= 11 is 1.48. The van der Waals surface area contributed by atoms with Gasteiger partial charge in [0.1, 0.15) is 5.75 Å². The number of rotatable bonds is 6. The van der Waals surface area contributed by atoms with E-state index in [1.165, 1.54) is 18.9 Å². The van der Waals surface area contributed by atoms with Crippen molar-refractivity contribution in [1.82, 2.24) is 4.90 Å². The van der Waals surface area contributed by atoms with E-state index in [0.29, 0.717) is 27.9 Å². The van der Waals surface area contributed by atoms with Crippen LogP contribution < -0.4 is 9.64 Å². The molecule has 0 spiro atoms. The molecule has 0 amide bonds. The van der Waals surface area contributed by atoms with Crippen molar-refractivity contribution >= 4 is 28.6 Å². The second-order valence-electron chi connectivity index (χ2n) is 8.29. The number of esters is 1. The van der Waals surface area contributed by atoms with Crippen molar-refractivity contribution in [3.05, 3.63) is 71.4 Å². The minimum absolute atomic E-state index is 0.0255. The number of nitrogens with zero attached hydrogens (tertiary/aromatic N) is 3. The molecule has 0 saturated carbocycles. The molecule has 2 aliphatic heterocycles. The number of benzene rings is 2. The van der Waals surface area contributed by atoms with Crippen LogP contribution in [0, 0.1) is 0 Å². The molecule has 33 heavy (non-hydrogen) atoms. The number of carbonyl (C=O) groups is 1. The highest BCUT2D eigenvalue weighted by atomic mass is 32.2. The van der Waals surface area contributed by atoms with Crippen LogP contribution in [0.1, 0.15) is 32.4 Å². The largest absolute Gasteiger partial charge is 0.497 e. The van der Waals surface area contributed by atoms with Gasteiger partial charge in [-0.15, -0.1) is 0 Å². The molecule has 0 aromatic heterocycles. The lowest BCUT2D eigenvalue weighted by Crippen LogP contribution is -2.64. The first-order chi connectivity index (χ1) is 15.8. The quantitative estimate of drug-likeness (QED) is 0.505. The molecule has 8 heteroatoms. The maximum atomic E-state index is 13.0. The second-order valence-corrected chi connectivity index (χ2v) is 9.24. The zero-order valence-corrected chi connectivity index (χ0v) is 20.3. The highest BCUT2D eigenvalue weighted by Crippen LogP contribution is 2.48. The summed E-state index contributed by atoms with van der Waals surface area (Å²) in [5.41, 5.74) is 2.71. The van der Waals surface area contributed by atoms with Gasteiger partial charge in [0.25, 0.3) is 0 Å². The topological polar surface area (TPSA) is 74.6 Å². The number of methoxy groups -OCH3 is 2. The SMILES string of the molecule is COC(=O)C1=C(C)N=C2SC[C@](O)(N(c3ccccc3)C(C)C)N2[C@@H]1c1ccc(OC)cc1. The third kappa shape index (κ3) is 3.98. The second kappa shape index (κ2) is 9.11. The monoisotopic (exact) mass is 467 g/mol. The first kappa shape index (κ1) is 23.2. The lowest BCUT2D eigenvalue weighted by atomic mass is 9.93. The molecule has 0 unspecified atom stereocenters. The van der Waals surface area contributed by atoms with E-state index in [1.54, 1.807) is 7.11 Å². The molecule has 174 valence electrons. The zero-order chi connectivity index (χ0) is 23.8. The molecule has 2 aromatic rings. The van der Waals surface area contributed by atoms with Crippen LogP contribution >= 0.6 is 11.8 Å². The van der Waals surface area contributed by atoms with Gasteiger partial charge in [0.05, 0.1) is 37.3 Å². The number of allylic oxidation sites excluding steroid dienone is 1. The maximum Gasteiger partial charge on any atom is 0.338 e. The van der Waals surface area contributed by atoms with Gasteiger partial charge >= 0.3 is 5.97 Å². The molecule has 2 heterocycles. The fourth-order valence-corrected chi connectivity index (χ4v) is 5.74. The fraction of sp³-hybridized carbons (Fsp3) is 0.360. The molecule has 0 aliphatic carbocycles. The third-order valence-electron chi connectivity index (χ3n) is 5.95. The molecular weight excluding hydrogens is 438 g/mol. The predicted octanol–water partition coefficient (Wildman–Crippen LogP) is 4.16. The molecule has 0 bridgehead atoms. The van der Waals surface area contributed by atoms with Gasteiger partial charge < -0.3 is 19.5 Å². The Hall–Kier alpha value is -2.97. The Labute approximate surface area is 198 Å². The van der Waals surface area contributed by atoms with Gasteiger partial charge in [0.2, 0.25) is 5.85 Å². The molecule has 1 N–H and O–H groups in total. The smallest absolute Gasteiger partial charge is 0.338 e. The summed E-state index contributed by atoms with van der Waals surface area (Å²) in [7, 11) is 2.97. The fourth-order valence-electron chi connectivity index (χ4n) is 4.55. The van der Waals surface area contributed by atoms with E-state index in [-0.39, 0.29) is 6.04 Å². The molecule has 7 nitrogen and oxygen atoms in total. The van der Waals surface area contributed by atoms with Crippen molar-refractivity contribution in [2.24, 2.45) is 4.99 Å². The average Bonchev–Trinajstić information content (AvgIpc) is 3.14. The Morgan fingerprint density at radius 2 is 1.85 bits per heavy atom. The number of thioether (sulfide) groups is 1. The van der Waals surface area contributed by atoms with Crippen LogP contribution in [0.4, 0.5) is 5.69 Å². The first-order valence-electron chi connectivity index (χ1n) is 10.8. The van der Waals surface area contributed by atoms with Gasteiger partial charge in [-0.25, -0.2) is 9.79 Å². The first-order valence-corrected chi connectivity index (χ1v) is 11.8. The molecule has 2 atom stereocenters. The van der Waals surface area contributed by atoms with Gasteiger partial charge in [-0.2, -0.15) is 0 Å². The Kier molecular flexibility index (Phi) is 6.41. The van der Waals surface area contributed by atoms with Crippen LogP contribution in [0.15, 0.2) is 70.9 Å². The highest BCUT2D eigenvalue weighted by molar-refractivity contribution is 8.14. The number of anilines is 1. The van der Waals surface area contributed by atoms with E-state index in [4.69, 9.17) is 14.5 Å². The Morgan fingerprint density at radius 1 is 1.18 bits per heavy atom. The highest BCUT2D eigenvalue weighted by Gasteiger charge is 2.55. The van der Waals surface area contributed by atoms with Crippen molar-refractivity contribution < 1.29 is 19.4 Å². The zero-order valence-electron chi connectivity index (χ0n) is 19.5. The van der Waals surface area contributed by atoms with Gasteiger partial charge in [0.15, 0.2) is 5.17 Å². The van der Waals surface area contributed by atoms with Crippen LogP contribution in [0.25, 0.3) is 0 Å². The molecule has 4 rings (SSSR count). The van der Waals surface area contributed by atoms with E-state index in [1.807, 2.05) is 85.2 Å². The molecule has 1 saturated heterocycles. The van der Waals surface area contributed by atoms with E-state index in [2.05, 4.69) is 0 Å². The van der Waals surface area contributed by atoms with Gasteiger partial charge in [-0.3, -0.25) is 4.90 Å². The van der Waals surface area contributed by atoms with Crippen molar-refractivity contribution in [1.29, 1.82) is 0 Å². The minimum atomic E-state index is -1.43. The van der Waals surface area contributed by atoms with Gasteiger partial charge in [0, 0.05) is 11.7 Å². The number of fused-ring (bicyclic) bond motifs is 1. The van der Waals surface area contributed by atoms with Crippen LogP contribution in [0.3, 0.4) is 0 Å². The molecular formula is C25H29N3O4S. The number of hydrogen-bond donors (Lipinski definition) is 1. The van der Waals surface area contributed by atoms with Crippen molar-refractivity contribution in [3.8, 4) is 5.75 Å². The van der Waals surface area contributed by atoms with Crippen molar-refractivity contribution in [3.63, 3.8) is 0 Å². The third-order valence-corrected chi connectivity index (χ3v) is 7.02. The van der Waals surface area contributed by atoms with Crippen LogP contribution in [-0.2, 0) is 9.53 Å². The Bertz CT molecular complexity index is 1080. The number of amidine groups is 1. The Morgan fingerprint density at radius 3 is 2.42 bits per heavy atom. The number of carbonyl (C=O) groups excluding carboxylic acids is 1. The van der Waals surface area contributed by atoms with E-state index in [0.717, 1.165) is 11.3 Å². The lowest BCUT2D eigenvalue weighted by molar-refractivity contribution is -0.138. The summed E-state index contributed by atoms with van der Waals surface area (Å²) in [6.45, 7) is 5.89. The van der Waals surface area contributed by atoms with Gasteiger partial charge in [-0.05, 0) is 50.6 Å². The van der Waals surface area contributed by atoms with Crippen molar-refractivity contribution in [2.45, 2.75) is 38.7 Å². The normalized spacial score (nSPS) is 22.2. The summed E-state index contributed by atoms with van der Waals surface area (Å²) in [6.07, 6.45) is 0. The molecule has 2 aliphatic rings. The molecule has 1 fully saturated rings. The number of ether oxygens (including phenoxy) is 2. The van der Waals surface area contributed by atoms with Crippen LogP contribution in [-0.4, -0.2) is 53.0 Å². The summed E-state index contributed by atoms with van der Waals surface area (Å²) < 4.78 is 10.5. The Balaban J connectivity index is 1.90. The summed E-state index contributed by atoms with van der Waals surface area (Å²) in [6, 6.07) is 16.7. The minimum Gasteiger partial charge on any atom is -0.497 e. The standard InChI is InChI=1S/C25H29N3O4S/c1-16(2)27(19-9-7-6-8-10-19)25(30)15-33-24-26-17(3)21(23(29)32-5)22(28(24)25)18-11-13-20(31-4)14-12-18/h6-14,16,22,30H,15H2,1-5H3/t22-,25+/m1/s1. The number of para-hydroxylation sites is 1. The summed E-state index contributed by atoms with van der Waals surface area (Å²) in [4.78, 5) is 21.5. The van der Waals surface area contributed by atoms with Crippen LogP contribution in [0.2, 0.25) is 0 Å². The van der Waals surface area contributed by atoms with E-state index >= 15 is 0 Å². The lowest BCUT2D eigenvalue weighted by Gasteiger charge is -2.50. The number of aliphatic imine (C=N–C) groups is 1.